The first kappa shape index (κ1) is 20.5. The summed E-state index contributed by atoms with van der Waals surface area (Å²) >= 11 is 3.38. The molecule has 1 spiro atoms. The van der Waals surface area contributed by atoms with Gasteiger partial charge in [-0.25, -0.2) is 12.8 Å². The Morgan fingerprint density at radius 1 is 1.10 bits per heavy atom. The van der Waals surface area contributed by atoms with Crippen LogP contribution in [0.15, 0.2) is 75.6 Å². The van der Waals surface area contributed by atoms with Crippen molar-refractivity contribution in [3.63, 3.8) is 0 Å². The second-order valence-corrected chi connectivity index (χ2v) is 10.7. The van der Waals surface area contributed by atoms with E-state index >= 15 is 4.39 Å². The van der Waals surface area contributed by atoms with Crippen molar-refractivity contribution in [2.24, 2.45) is 5.41 Å². The van der Waals surface area contributed by atoms with E-state index in [9.17, 15) is 8.42 Å². The highest BCUT2D eigenvalue weighted by atomic mass is 79.9. The minimum Gasteiger partial charge on any atom is -0.207 e. The number of nitrogens with zero attached hydrogens (tertiary/aromatic N) is 1. The van der Waals surface area contributed by atoms with Gasteiger partial charge in [0.15, 0.2) is 0 Å². The summed E-state index contributed by atoms with van der Waals surface area (Å²) in [4.78, 5) is 0.253. The Morgan fingerprint density at radius 2 is 1.79 bits per heavy atom. The van der Waals surface area contributed by atoms with Crippen LogP contribution in [0.2, 0.25) is 0 Å². The second-order valence-electron chi connectivity index (χ2n) is 7.84. The Morgan fingerprint density at radius 3 is 2.41 bits per heavy atom. The predicted octanol–water partition coefficient (Wildman–Crippen LogP) is 5.87. The van der Waals surface area contributed by atoms with Crippen LogP contribution in [0.3, 0.4) is 0 Å². The van der Waals surface area contributed by atoms with E-state index in [2.05, 4.69) is 22.0 Å². The van der Waals surface area contributed by atoms with Gasteiger partial charge in [-0.2, -0.15) is 4.31 Å². The summed E-state index contributed by atoms with van der Waals surface area (Å²) in [6, 6.07) is 13.9. The van der Waals surface area contributed by atoms with E-state index in [-0.39, 0.29) is 23.8 Å². The molecule has 2 aromatic carbocycles. The maximum absolute atomic E-state index is 15.6. The average molecular weight is 476 g/mol. The van der Waals surface area contributed by atoms with Gasteiger partial charge in [0.25, 0.3) is 0 Å². The summed E-state index contributed by atoms with van der Waals surface area (Å²) in [6.07, 6.45) is 6.70. The molecule has 0 amide bonds. The lowest BCUT2D eigenvalue weighted by Crippen LogP contribution is -2.32. The van der Waals surface area contributed by atoms with Gasteiger partial charge in [0.2, 0.25) is 10.0 Å². The molecule has 1 aliphatic carbocycles. The molecule has 1 unspecified atom stereocenters. The zero-order valence-corrected chi connectivity index (χ0v) is 18.6. The Hall–Kier alpha value is -1.76. The third-order valence-electron chi connectivity index (χ3n) is 5.85. The number of hydrogen-bond acceptors (Lipinski definition) is 2. The van der Waals surface area contributed by atoms with E-state index in [4.69, 9.17) is 0 Å². The molecule has 1 saturated heterocycles. The molecule has 4 rings (SSSR count). The summed E-state index contributed by atoms with van der Waals surface area (Å²) in [7, 11) is -3.70. The molecule has 0 aromatic heterocycles. The first-order valence-corrected chi connectivity index (χ1v) is 11.9. The molecule has 0 radical (unpaired) electrons. The van der Waals surface area contributed by atoms with Crippen LogP contribution in [0, 0.1) is 12.3 Å². The predicted molar refractivity (Wildman–Crippen MR) is 118 cm³/mol. The molecule has 1 fully saturated rings. The van der Waals surface area contributed by atoms with Crippen molar-refractivity contribution in [3.05, 3.63) is 81.9 Å². The highest BCUT2D eigenvalue weighted by Gasteiger charge is 2.47. The lowest BCUT2D eigenvalue weighted by atomic mass is 9.74. The van der Waals surface area contributed by atoms with Crippen molar-refractivity contribution >= 4 is 31.8 Å². The number of benzene rings is 2. The summed E-state index contributed by atoms with van der Waals surface area (Å²) in [5.74, 6) is -0.314. The number of sulfonamides is 1. The summed E-state index contributed by atoms with van der Waals surface area (Å²) in [6.45, 7) is 2.27. The molecule has 29 heavy (non-hydrogen) atoms. The molecule has 0 N–H and O–H groups in total. The largest absolute Gasteiger partial charge is 0.243 e. The molecular weight excluding hydrogens is 453 g/mol. The normalized spacial score (nSPS) is 24.2. The Bertz CT molecular complexity index is 1070. The first-order valence-electron chi connectivity index (χ1n) is 9.71. The maximum Gasteiger partial charge on any atom is 0.243 e. The number of halogens is 2. The molecule has 0 bridgehead atoms. The van der Waals surface area contributed by atoms with Gasteiger partial charge in [-0.15, -0.1) is 0 Å². The number of rotatable bonds is 3. The first-order chi connectivity index (χ1) is 13.8. The summed E-state index contributed by atoms with van der Waals surface area (Å²) in [5, 5.41) is 0. The van der Waals surface area contributed by atoms with Crippen LogP contribution in [0.1, 0.15) is 30.4 Å². The fourth-order valence-corrected chi connectivity index (χ4v) is 5.94. The van der Waals surface area contributed by atoms with E-state index in [0.717, 1.165) is 29.3 Å². The fraction of sp³-hybridized carbons (Fsp3) is 0.304. The Kier molecular flexibility index (Phi) is 5.53. The fourth-order valence-electron chi connectivity index (χ4n) is 4.20. The topological polar surface area (TPSA) is 37.4 Å². The van der Waals surface area contributed by atoms with Gasteiger partial charge in [-0.1, -0.05) is 57.9 Å². The standard InChI is InChI=1S/C23H23BrFNO2S/c1-17-5-11-20(12-6-17)29(27,28)26-15-21(23(16-26)13-3-2-4-14-23)22(25)18-7-9-19(24)10-8-18/h3,5-13H,2,4,14-16H2,1H3/b22-21+. The van der Waals surface area contributed by atoms with Crippen molar-refractivity contribution in [2.75, 3.05) is 13.1 Å². The highest BCUT2D eigenvalue weighted by Crippen LogP contribution is 2.48. The molecule has 3 nitrogen and oxygen atoms in total. The number of allylic oxidation sites excluding steroid dienone is 1. The van der Waals surface area contributed by atoms with E-state index in [1.807, 2.05) is 13.0 Å². The molecule has 2 aromatic rings. The third-order valence-corrected chi connectivity index (χ3v) is 8.18. The maximum atomic E-state index is 15.6. The lowest BCUT2D eigenvalue weighted by molar-refractivity contribution is 0.370. The summed E-state index contributed by atoms with van der Waals surface area (Å²) in [5.41, 5.74) is 1.47. The van der Waals surface area contributed by atoms with Gasteiger partial charge in [0, 0.05) is 28.5 Å². The molecule has 1 heterocycles. The zero-order valence-electron chi connectivity index (χ0n) is 16.2. The van der Waals surface area contributed by atoms with Gasteiger partial charge in [-0.3, -0.25) is 0 Å². The van der Waals surface area contributed by atoms with E-state index in [1.54, 1.807) is 48.5 Å². The minimum atomic E-state index is -3.70. The smallest absolute Gasteiger partial charge is 0.207 e. The van der Waals surface area contributed by atoms with Gasteiger partial charge < -0.3 is 0 Å². The summed E-state index contributed by atoms with van der Waals surface area (Å²) < 4.78 is 44.5. The molecule has 152 valence electrons. The Balaban J connectivity index is 1.78. The molecule has 1 atom stereocenters. The van der Waals surface area contributed by atoms with E-state index < -0.39 is 15.4 Å². The van der Waals surface area contributed by atoms with Crippen LogP contribution in [0.4, 0.5) is 4.39 Å². The van der Waals surface area contributed by atoms with Gasteiger partial charge in [-0.05, 0) is 56.0 Å². The van der Waals surface area contributed by atoms with Crippen LogP contribution in [0.25, 0.3) is 5.83 Å². The van der Waals surface area contributed by atoms with Crippen molar-refractivity contribution in [1.29, 1.82) is 0 Å². The van der Waals surface area contributed by atoms with Gasteiger partial charge in [0.05, 0.1) is 4.90 Å². The Labute approximate surface area is 180 Å². The molecule has 6 heteroatoms. The van der Waals surface area contributed by atoms with Crippen LogP contribution in [0.5, 0.6) is 0 Å². The van der Waals surface area contributed by atoms with E-state index in [0.29, 0.717) is 11.1 Å². The van der Waals surface area contributed by atoms with Crippen LogP contribution < -0.4 is 0 Å². The molecular formula is C23H23BrFNO2S. The molecule has 0 saturated carbocycles. The monoisotopic (exact) mass is 475 g/mol. The quantitative estimate of drug-likeness (QED) is 0.520. The van der Waals surface area contributed by atoms with Crippen LogP contribution >= 0.6 is 15.9 Å². The van der Waals surface area contributed by atoms with Crippen LogP contribution in [-0.2, 0) is 10.0 Å². The second kappa shape index (κ2) is 7.82. The average Bonchev–Trinajstić information content (AvgIpc) is 3.08. The zero-order chi connectivity index (χ0) is 20.6. The minimum absolute atomic E-state index is 0.0719. The SMILES string of the molecule is Cc1ccc(S(=O)(=O)N2C/C(=C(\F)c3ccc(Br)cc3)C3(C=CCCC3)C2)cc1. The van der Waals surface area contributed by atoms with Gasteiger partial charge in [0.1, 0.15) is 5.83 Å². The van der Waals surface area contributed by atoms with Crippen molar-refractivity contribution < 1.29 is 12.8 Å². The molecule has 1 aliphatic heterocycles. The number of hydrogen-bond donors (Lipinski definition) is 0. The van der Waals surface area contributed by atoms with Crippen molar-refractivity contribution in [3.8, 4) is 0 Å². The number of aryl methyl sites for hydroxylation is 1. The van der Waals surface area contributed by atoms with Gasteiger partial charge >= 0.3 is 0 Å². The van der Waals surface area contributed by atoms with Crippen molar-refractivity contribution in [1.82, 2.24) is 4.31 Å². The van der Waals surface area contributed by atoms with Crippen molar-refractivity contribution in [2.45, 2.75) is 31.1 Å². The lowest BCUT2D eigenvalue weighted by Gasteiger charge is -2.30. The van der Waals surface area contributed by atoms with Crippen LogP contribution in [-0.4, -0.2) is 25.8 Å². The molecule has 2 aliphatic rings. The van der Waals surface area contributed by atoms with E-state index in [1.165, 1.54) is 4.31 Å². The third kappa shape index (κ3) is 3.86. The highest BCUT2D eigenvalue weighted by molar-refractivity contribution is 9.10.